The van der Waals surface area contributed by atoms with Crippen LogP contribution in [0.4, 0.5) is 0 Å². The number of aromatic hydroxyl groups is 1. The molecule has 1 aromatic rings. The van der Waals surface area contributed by atoms with Crippen LogP contribution in [-0.2, 0) is 5.41 Å². The molecule has 78 valence electrons. The Balaban J connectivity index is 3.19. The molecule has 0 saturated carbocycles. The molecule has 0 aromatic heterocycles. The van der Waals surface area contributed by atoms with Crippen molar-refractivity contribution in [3.63, 3.8) is 0 Å². The van der Waals surface area contributed by atoms with Crippen LogP contribution in [0.15, 0.2) is 24.3 Å². The molecule has 0 radical (unpaired) electrons. The summed E-state index contributed by atoms with van der Waals surface area (Å²) in [5.74, 6) is 0.950. The molecule has 1 heteroatoms. The molecular weight excluding hydrogens is 172 g/mol. The molecule has 1 atom stereocenters. The van der Waals surface area contributed by atoms with Gasteiger partial charge >= 0.3 is 0 Å². The average Bonchev–Trinajstić information content (AvgIpc) is 2.17. The maximum Gasteiger partial charge on any atom is 0.119 e. The fourth-order valence-electron chi connectivity index (χ4n) is 1.87. The normalized spacial score (nSPS) is 15.5. The summed E-state index contributed by atoms with van der Waals surface area (Å²) in [7, 11) is 0. The molecule has 0 fully saturated rings. The van der Waals surface area contributed by atoms with E-state index in [0.717, 1.165) is 12.0 Å². The van der Waals surface area contributed by atoms with E-state index in [4.69, 9.17) is 0 Å². The minimum atomic E-state index is 0.0747. The third kappa shape index (κ3) is 1.77. The number of hydrogen-bond acceptors (Lipinski definition) is 1. The van der Waals surface area contributed by atoms with Crippen LogP contribution in [0, 0.1) is 5.92 Å². The van der Waals surface area contributed by atoms with Gasteiger partial charge in [0.25, 0.3) is 0 Å². The van der Waals surface area contributed by atoms with E-state index in [1.165, 1.54) is 0 Å². The number of phenolic OH excluding ortho intramolecular Hbond substituents is 1. The summed E-state index contributed by atoms with van der Waals surface area (Å²) in [6.45, 7) is 8.80. The van der Waals surface area contributed by atoms with E-state index in [9.17, 15) is 5.11 Å². The Kier molecular flexibility index (Phi) is 3.20. The molecule has 14 heavy (non-hydrogen) atoms. The highest BCUT2D eigenvalue weighted by Gasteiger charge is 2.30. The van der Waals surface area contributed by atoms with Crippen LogP contribution in [-0.4, -0.2) is 5.11 Å². The van der Waals surface area contributed by atoms with Crippen molar-refractivity contribution >= 4 is 0 Å². The first kappa shape index (κ1) is 11.1. The van der Waals surface area contributed by atoms with Crippen molar-refractivity contribution in [2.24, 2.45) is 5.92 Å². The molecule has 0 aliphatic rings. The molecule has 1 N–H and O–H groups in total. The van der Waals surface area contributed by atoms with Gasteiger partial charge in [-0.05, 0) is 23.8 Å². The SMILES string of the molecule is CCC(C)(c1ccccc1O)C(C)C. The Morgan fingerprint density at radius 2 is 1.86 bits per heavy atom. The van der Waals surface area contributed by atoms with E-state index < -0.39 is 0 Å². The first-order chi connectivity index (χ1) is 6.52. The Labute approximate surface area is 86.8 Å². The van der Waals surface area contributed by atoms with E-state index in [0.29, 0.717) is 11.7 Å². The Hall–Kier alpha value is -0.980. The highest BCUT2D eigenvalue weighted by molar-refractivity contribution is 5.38. The van der Waals surface area contributed by atoms with Crippen molar-refractivity contribution in [1.29, 1.82) is 0 Å². The van der Waals surface area contributed by atoms with Gasteiger partial charge in [0.15, 0.2) is 0 Å². The highest BCUT2D eigenvalue weighted by Crippen LogP contribution is 2.39. The van der Waals surface area contributed by atoms with Gasteiger partial charge in [-0.25, -0.2) is 0 Å². The largest absolute Gasteiger partial charge is 0.508 e. The van der Waals surface area contributed by atoms with Crippen LogP contribution in [0.25, 0.3) is 0 Å². The van der Waals surface area contributed by atoms with Gasteiger partial charge < -0.3 is 5.11 Å². The maximum absolute atomic E-state index is 9.83. The molecule has 0 heterocycles. The number of para-hydroxylation sites is 1. The van der Waals surface area contributed by atoms with Crippen LogP contribution in [0.2, 0.25) is 0 Å². The smallest absolute Gasteiger partial charge is 0.119 e. The van der Waals surface area contributed by atoms with Crippen molar-refractivity contribution in [3.8, 4) is 5.75 Å². The molecule has 1 rings (SSSR count). The maximum atomic E-state index is 9.83. The zero-order valence-corrected chi connectivity index (χ0v) is 9.54. The van der Waals surface area contributed by atoms with Crippen molar-refractivity contribution in [1.82, 2.24) is 0 Å². The lowest BCUT2D eigenvalue weighted by atomic mass is 9.71. The highest BCUT2D eigenvalue weighted by atomic mass is 16.3. The summed E-state index contributed by atoms with van der Waals surface area (Å²) in [5, 5.41) is 9.83. The summed E-state index contributed by atoms with van der Waals surface area (Å²) in [6.07, 6.45) is 1.04. The van der Waals surface area contributed by atoms with Gasteiger partial charge in [0.05, 0.1) is 0 Å². The first-order valence-corrected chi connectivity index (χ1v) is 5.30. The van der Waals surface area contributed by atoms with E-state index in [2.05, 4.69) is 27.7 Å². The number of hydrogen-bond donors (Lipinski definition) is 1. The van der Waals surface area contributed by atoms with E-state index in [1.807, 2.05) is 18.2 Å². The van der Waals surface area contributed by atoms with Gasteiger partial charge in [0, 0.05) is 5.56 Å². The standard InChI is InChI=1S/C13H20O/c1-5-13(4,10(2)3)11-8-6-7-9-12(11)14/h6-10,14H,5H2,1-4H3. The fraction of sp³-hybridized carbons (Fsp3) is 0.538. The second kappa shape index (κ2) is 4.04. The summed E-state index contributed by atoms with van der Waals surface area (Å²) in [6, 6.07) is 7.66. The average molecular weight is 192 g/mol. The minimum absolute atomic E-state index is 0.0747. The third-order valence-corrected chi connectivity index (χ3v) is 3.53. The minimum Gasteiger partial charge on any atom is -0.508 e. The van der Waals surface area contributed by atoms with Crippen LogP contribution in [0.3, 0.4) is 0 Å². The van der Waals surface area contributed by atoms with Gasteiger partial charge in [-0.3, -0.25) is 0 Å². The quantitative estimate of drug-likeness (QED) is 0.774. The first-order valence-electron chi connectivity index (χ1n) is 5.30. The molecule has 0 aliphatic carbocycles. The fourth-order valence-corrected chi connectivity index (χ4v) is 1.87. The number of phenols is 1. The molecule has 0 saturated heterocycles. The van der Waals surface area contributed by atoms with Gasteiger partial charge in [0.2, 0.25) is 0 Å². The molecule has 1 unspecified atom stereocenters. The monoisotopic (exact) mass is 192 g/mol. The van der Waals surface area contributed by atoms with Gasteiger partial charge in [-0.15, -0.1) is 0 Å². The van der Waals surface area contributed by atoms with Crippen molar-refractivity contribution in [2.45, 2.75) is 39.5 Å². The second-order valence-corrected chi connectivity index (χ2v) is 4.44. The molecule has 0 spiro atoms. The predicted molar refractivity (Wildman–Crippen MR) is 60.6 cm³/mol. The van der Waals surface area contributed by atoms with Crippen LogP contribution in [0.1, 0.15) is 39.7 Å². The van der Waals surface area contributed by atoms with Gasteiger partial charge in [-0.1, -0.05) is 45.9 Å². The van der Waals surface area contributed by atoms with E-state index in [1.54, 1.807) is 6.07 Å². The summed E-state index contributed by atoms with van der Waals surface area (Å²) in [5.41, 5.74) is 1.14. The van der Waals surface area contributed by atoms with Crippen molar-refractivity contribution < 1.29 is 5.11 Å². The predicted octanol–water partition coefficient (Wildman–Crippen LogP) is 3.72. The topological polar surface area (TPSA) is 20.2 Å². The lowest BCUT2D eigenvalue weighted by Gasteiger charge is -2.33. The van der Waals surface area contributed by atoms with Gasteiger partial charge in [0.1, 0.15) is 5.75 Å². The Morgan fingerprint density at radius 3 is 2.29 bits per heavy atom. The summed E-state index contributed by atoms with van der Waals surface area (Å²) >= 11 is 0. The van der Waals surface area contributed by atoms with Crippen molar-refractivity contribution in [2.75, 3.05) is 0 Å². The zero-order chi connectivity index (χ0) is 10.8. The number of rotatable bonds is 3. The van der Waals surface area contributed by atoms with E-state index >= 15 is 0 Å². The number of benzene rings is 1. The van der Waals surface area contributed by atoms with Crippen LogP contribution in [0.5, 0.6) is 5.75 Å². The van der Waals surface area contributed by atoms with Gasteiger partial charge in [-0.2, -0.15) is 0 Å². The van der Waals surface area contributed by atoms with Crippen LogP contribution >= 0.6 is 0 Å². The lowest BCUT2D eigenvalue weighted by Crippen LogP contribution is -2.27. The third-order valence-electron chi connectivity index (χ3n) is 3.53. The van der Waals surface area contributed by atoms with E-state index in [-0.39, 0.29) is 5.41 Å². The summed E-state index contributed by atoms with van der Waals surface area (Å²) in [4.78, 5) is 0. The summed E-state index contributed by atoms with van der Waals surface area (Å²) < 4.78 is 0. The van der Waals surface area contributed by atoms with Crippen molar-refractivity contribution in [3.05, 3.63) is 29.8 Å². The van der Waals surface area contributed by atoms with Crippen LogP contribution < -0.4 is 0 Å². The molecule has 1 nitrogen and oxygen atoms in total. The molecule has 0 aliphatic heterocycles. The zero-order valence-electron chi connectivity index (χ0n) is 9.54. The molecule has 0 bridgehead atoms. The molecule has 0 amide bonds. The second-order valence-electron chi connectivity index (χ2n) is 4.44. The lowest BCUT2D eigenvalue weighted by molar-refractivity contribution is 0.312. The Bertz CT molecular complexity index is 304. The molecule has 1 aromatic carbocycles. The Morgan fingerprint density at radius 1 is 1.29 bits per heavy atom. The molecular formula is C13H20O.